The Balaban J connectivity index is 1.88. The van der Waals surface area contributed by atoms with Crippen LogP contribution in [0.2, 0.25) is 0 Å². The van der Waals surface area contributed by atoms with Crippen molar-refractivity contribution in [1.82, 2.24) is 20.8 Å². The fraction of sp³-hybridized carbons (Fsp3) is 0.375. The van der Waals surface area contributed by atoms with Crippen LogP contribution < -0.4 is 20.7 Å². The maximum atomic E-state index is 12.0. The van der Waals surface area contributed by atoms with Gasteiger partial charge in [-0.05, 0) is 45.0 Å². The summed E-state index contributed by atoms with van der Waals surface area (Å²) < 4.78 is 5.75. The number of aromatic nitrogens is 2. The lowest BCUT2D eigenvalue weighted by atomic mass is 10.3. The Bertz CT molecular complexity index is 749. The molecule has 140 valence electrons. The minimum Gasteiger partial charge on any atom is -0.497 e. The van der Waals surface area contributed by atoms with Gasteiger partial charge in [0.2, 0.25) is 11.0 Å². The molecule has 3 amide bonds. The molecule has 0 aliphatic heterocycles. The highest BCUT2D eigenvalue weighted by Crippen LogP contribution is 2.30. The number of carbonyl (C=O) groups excluding carboxylic acids is 2. The van der Waals surface area contributed by atoms with E-state index < -0.39 is 11.3 Å². The van der Waals surface area contributed by atoms with Crippen LogP contribution in [0.3, 0.4) is 0 Å². The molecule has 8 nitrogen and oxygen atoms in total. The first-order chi connectivity index (χ1) is 12.4. The molecule has 0 saturated heterocycles. The summed E-state index contributed by atoms with van der Waals surface area (Å²) in [5.41, 5.74) is 0.856. The number of benzene rings is 1. The number of hydrogen-bond donors (Lipinski definition) is 3. The van der Waals surface area contributed by atoms with Gasteiger partial charge < -0.3 is 15.4 Å². The highest BCUT2D eigenvalue weighted by atomic mass is 32.2. The van der Waals surface area contributed by atoms with E-state index in [4.69, 9.17) is 4.74 Å². The Labute approximate surface area is 160 Å². The molecule has 26 heavy (non-hydrogen) atoms. The zero-order valence-corrected chi connectivity index (χ0v) is 16.5. The third-order valence-electron chi connectivity index (χ3n) is 3.05. The van der Waals surface area contributed by atoms with Gasteiger partial charge in [-0.25, -0.2) is 4.79 Å². The first kappa shape index (κ1) is 20.0. The van der Waals surface area contributed by atoms with Crippen molar-refractivity contribution >= 4 is 45.9 Å². The maximum absolute atomic E-state index is 12.0. The lowest BCUT2D eigenvalue weighted by molar-refractivity contribution is -0.119. The number of imide groups is 1. The molecule has 1 aromatic heterocycles. The van der Waals surface area contributed by atoms with Gasteiger partial charge in [0.05, 0.1) is 12.4 Å². The molecule has 1 atom stereocenters. The highest BCUT2D eigenvalue weighted by Gasteiger charge is 2.19. The van der Waals surface area contributed by atoms with E-state index >= 15 is 0 Å². The number of nitrogens with zero attached hydrogens (tertiary/aromatic N) is 2. The van der Waals surface area contributed by atoms with Crippen molar-refractivity contribution in [3.63, 3.8) is 0 Å². The molecule has 2 aromatic rings. The van der Waals surface area contributed by atoms with Crippen molar-refractivity contribution in [1.29, 1.82) is 0 Å². The number of rotatable bonds is 7. The molecule has 10 heteroatoms. The van der Waals surface area contributed by atoms with E-state index in [9.17, 15) is 9.59 Å². The molecular formula is C16H21N5O3S2. The molecule has 0 radical (unpaired) electrons. The Morgan fingerprint density at radius 2 is 1.85 bits per heavy atom. The Morgan fingerprint density at radius 3 is 2.46 bits per heavy atom. The number of nitrogens with one attached hydrogen (secondary N) is 3. The molecule has 0 saturated carbocycles. The Kier molecular flexibility index (Phi) is 7.22. The van der Waals surface area contributed by atoms with Crippen LogP contribution in [-0.4, -0.2) is 40.5 Å². The SMILES string of the molecule is COc1ccc(Nc2nnc(S[C@@H](C)C(=O)NC(=O)NC(C)C)s2)cc1. The second kappa shape index (κ2) is 9.39. The second-order valence-corrected chi connectivity index (χ2v) is 8.17. The van der Waals surface area contributed by atoms with E-state index in [0.29, 0.717) is 9.47 Å². The van der Waals surface area contributed by atoms with Crippen molar-refractivity contribution in [2.75, 3.05) is 12.4 Å². The van der Waals surface area contributed by atoms with E-state index in [1.807, 2.05) is 38.1 Å². The predicted octanol–water partition coefficient (Wildman–Crippen LogP) is 3.01. The first-order valence-corrected chi connectivity index (χ1v) is 9.59. The normalized spacial score (nSPS) is 11.7. The lowest BCUT2D eigenvalue weighted by Crippen LogP contribution is -2.45. The van der Waals surface area contributed by atoms with Gasteiger partial charge in [0.25, 0.3) is 0 Å². The summed E-state index contributed by atoms with van der Waals surface area (Å²) in [6.45, 7) is 5.35. The Hall–Kier alpha value is -2.33. The number of amides is 3. The number of urea groups is 1. The monoisotopic (exact) mass is 395 g/mol. The van der Waals surface area contributed by atoms with Crippen molar-refractivity contribution in [2.45, 2.75) is 36.4 Å². The average molecular weight is 396 g/mol. The molecule has 1 aromatic carbocycles. The molecule has 0 fully saturated rings. The van der Waals surface area contributed by atoms with Gasteiger partial charge >= 0.3 is 6.03 Å². The third-order valence-corrected chi connectivity index (χ3v) is 5.07. The number of methoxy groups -OCH3 is 1. The quantitative estimate of drug-likeness (QED) is 0.619. The summed E-state index contributed by atoms with van der Waals surface area (Å²) in [6, 6.07) is 6.88. The molecule has 2 rings (SSSR count). The van der Waals surface area contributed by atoms with E-state index in [1.165, 1.54) is 23.1 Å². The van der Waals surface area contributed by atoms with Crippen LogP contribution in [0.4, 0.5) is 15.6 Å². The minimum atomic E-state index is -0.503. The van der Waals surface area contributed by atoms with Gasteiger partial charge in [0, 0.05) is 11.7 Å². The van der Waals surface area contributed by atoms with Crippen LogP contribution in [0.5, 0.6) is 5.75 Å². The zero-order valence-electron chi connectivity index (χ0n) is 14.9. The van der Waals surface area contributed by atoms with Crippen LogP contribution in [0.1, 0.15) is 20.8 Å². The summed E-state index contributed by atoms with van der Waals surface area (Å²) in [7, 11) is 1.61. The van der Waals surface area contributed by atoms with Gasteiger partial charge in [-0.3, -0.25) is 10.1 Å². The van der Waals surface area contributed by atoms with E-state index in [1.54, 1.807) is 14.0 Å². The van der Waals surface area contributed by atoms with Crippen molar-refractivity contribution in [2.24, 2.45) is 0 Å². The minimum absolute atomic E-state index is 0.0412. The van der Waals surface area contributed by atoms with Crippen molar-refractivity contribution < 1.29 is 14.3 Å². The highest BCUT2D eigenvalue weighted by molar-refractivity contribution is 8.02. The van der Waals surface area contributed by atoms with Gasteiger partial charge in [-0.1, -0.05) is 23.1 Å². The van der Waals surface area contributed by atoms with Crippen molar-refractivity contribution in [3.05, 3.63) is 24.3 Å². The molecule has 0 unspecified atom stereocenters. The third kappa shape index (κ3) is 6.19. The zero-order chi connectivity index (χ0) is 19.1. The van der Waals surface area contributed by atoms with E-state index in [-0.39, 0.29) is 11.9 Å². The van der Waals surface area contributed by atoms with Crippen LogP contribution in [0.15, 0.2) is 28.6 Å². The summed E-state index contributed by atoms with van der Waals surface area (Å²) in [6.07, 6.45) is 0. The van der Waals surface area contributed by atoms with Crippen LogP contribution in [-0.2, 0) is 4.79 Å². The van der Waals surface area contributed by atoms with E-state index in [2.05, 4.69) is 26.1 Å². The molecule has 0 bridgehead atoms. The van der Waals surface area contributed by atoms with Gasteiger partial charge in [-0.2, -0.15) is 0 Å². The summed E-state index contributed by atoms with van der Waals surface area (Å²) >= 11 is 2.57. The summed E-state index contributed by atoms with van der Waals surface area (Å²) in [4.78, 5) is 23.6. The van der Waals surface area contributed by atoms with Crippen LogP contribution in [0.25, 0.3) is 0 Å². The fourth-order valence-electron chi connectivity index (χ4n) is 1.82. The number of carbonyl (C=O) groups is 2. The number of anilines is 2. The number of ether oxygens (including phenoxy) is 1. The molecule has 0 aliphatic rings. The van der Waals surface area contributed by atoms with Crippen LogP contribution in [0, 0.1) is 0 Å². The van der Waals surface area contributed by atoms with Gasteiger partial charge in [0.1, 0.15) is 5.75 Å². The smallest absolute Gasteiger partial charge is 0.321 e. The average Bonchev–Trinajstić information content (AvgIpc) is 3.01. The van der Waals surface area contributed by atoms with E-state index in [0.717, 1.165) is 11.4 Å². The maximum Gasteiger partial charge on any atom is 0.321 e. The standard InChI is InChI=1S/C16H21N5O3S2/c1-9(2)17-14(23)19-13(22)10(3)25-16-21-20-15(26-16)18-11-5-7-12(24-4)8-6-11/h5-10H,1-4H3,(H,18,20)(H2,17,19,22,23)/t10-/m0/s1. The van der Waals surface area contributed by atoms with Crippen LogP contribution >= 0.6 is 23.1 Å². The second-order valence-electron chi connectivity index (χ2n) is 5.60. The molecule has 0 aliphatic carbocycles. The predicted molar refractivity (Wildman–Crippen MR) is 103 cm³/mol. The molecule has 3 N–H and O–H groups in total. The van der Waals surface area contributed by atoms with Gasteiger partial charge in [0.15, 0.2) is 4.34 Å². The molecular weight excluding hydrogens is 374 g/mol. The van der Waals surface area contributed by atoms with Gasteiger partial charge in [-0.15, -0.1) is 10.2 Å². The first-order valence-electron chi connectivity index (χ1n) is 7.90. The number of hydrogen-bond acceptors (Lipinski definition) is 8. The largest absolute Gasteiger partial charge is 0.497 e. The topological polar surface area (TPSA) is 105 Å². The van der Waals surface area contributed by atoms with Crippen molar-refractivity contribution in [3.8, 4) is 5.75 Å². The summed E-state index contributed by atoms with van der Waals surface area (Å²) in [5, 5.41) is 16.3. The molecule has 0 spiro atoms. The summed E-state index contributed by atoms with van der Waals surface area (Å²) in [5.74, 6) is 0.387. The molecule has 1 heterocycles. The number of thioether (sulfide) groups is 1. The lowest BCUT2D eigenvalue weighted by Gasteiger charge is -2.11. The Morgan fingerprint density at radius 1 is 1.15 bits per heavy atom. The fourth-order valence-corrected chi connectivity index (χ4v) is 3.74.